The number of hydrogen-bond acceptors (Lipinski definition) is 6. The number of likely N-dealkylation sites (tertiary alicyclic amines) is 1. The number of pyridine rings is 1. The van der Waals surface area contributed by atoms with Gasteiger partial charge in [0.25, 0.3) is 0 Å². The number of hydrogen-bond donors (Lipinski definition) is 2. The zero-order valence-corrected chi connectivity index (χ0v) is 17.4. The predicted molar refractivity (Wildman–Crippen MR) is 115 cm³/mol. The van der Waals surface area contributed by atoms with E-state index in [0.717, 1.165) is 12.8 Å². The maximum absolute atomic E-state index is 13.6. The average Bonchev–Trinajstić information content (AvgIpc) is 2.73. The molecule has 0 saturated carbocycles. The molecule has 3 aromatic rings. The average molecular weight is 421 g/mol. The van der Waals surface area contributed by atoms with Crippen molar-refractivity contribution < 1.29 is 14.3 Å². The number of nitrogens with one attached hydrogen (secondary N) is 1. The highest BCUT2D eigenvalue weighted by atomic mass is 19.1. The Morgan fingerprint density at radius 3 is 2.77 bits per heavy atom. The van der Waals surface area contributed by atoms with Crippen LogP contribution in [0.3, 0.4) is 0 Å². The first-order chi connectivity index (χ1) is 14.9. The zero-order chi connectivity index (χ0) is 22.0. The van der Waals surface area contributed by atoms with Gasteiger partial charge in [0.05, 0.1) is 11.9 Å². The molecule has 1 aliphatic rings. The van der Waals surface area contributed by atoms with Crippen molar-refractivity contribution in [2.24, 2.45) is 0 Å². The largest absolute Gasteiger partial charge is 0.506 e. The molecule has 0 radical (unpaired) electrons. The van der Waals surface area contributed by atoms with Crippen LogP contribution in [0.4, 0.5) is 15.9 Å². The molecule has 0 aliphatic carbocycles. The summed E-state index contributed by atoms with van der Waals surface area (Å²) in [4.78, 5) is 27.4. The number of piperidine rings is 1. The molecule has 4 rings (SSSR count). The van der Waals surface area contributed by atoms with Crippen LogP contribution in [-0.2, 0) is 4.79 Å². The number of aromatic hydroxyl groups is 1. The SMILES string of the molecule is CC(=O)N1C[C@@H](c2nc(Nc3cccc(F)c3)cc(-c3cncc(O)c3)n2)CC[C@H]1C. The third-order valence-electron chi connectivity index (χ3n) is 5.51. The number of benzene rings is 1. The van der Waals surface area contributed by atoms with E-state index in [9.17, 15) is 14.3 Å². The van der Waals surface area contributed by atoms with Crippen LogP contribution >= 0.6 is 0 Å². The summed E-state index contributed by atoms with van der Waals surface area (Å²) in [6, 6.07) is 9.62. The van der Waals surface area contributed by atoms with E-state index in [-0.39, 0.29) is 29.4 Å². The Kier molecular flexibility index (Phi) is 5.79. The molecule has 2 N–H and O–H groups in total. The van der Waals surface area contributed by atoms with Crippen LogP contribution in [0.5, 0.6) is 5.75 Å². The lowest BCUT2D eigenvalue weighted by molar-refractivity contribution is -0.132. The summed E-state index contributed by atoms with van der Waals surface area (Å²) < 4.78 is 13.6. The second-order valence-electron chi connectivity index (χ2n) is 7.86. The lowest BCUT2D eigenvalue weighted by atomic mass is 9.92. The second-order valence-corrected chi connectivity index (χ2v) is 7.86. The number of carbonyl (C=O) groups excluding carboxylic acids is 1. The van der Waals surface area contributed by atoms with Crippen molar-refractivity contribution in [3.8, 4) is 17.0 Å². The van der Waals surface area contributed by atoms with E-state index in [2.05, 4.69) is 15.3 Å². The topological polar surface area (TPSA) is 91.2 Å². The van der Waals surface area contributed by atoms with Gasteiger partial charge in [-0.3, -0.25) is 9.78 Å². The highest BCUT2D eigenvalue weighted by molar-refractivity contribution is 5.74. The van der Waals surface area contributed by atoms with Gasteiger partial charge in [-0.05, 0) is 44.0 Å². The molecule has 3 heterocycles. The Balaban J connectivity index is 1.73. The Bertz CT molecular complexity index is 1110. The maximum Gasteiger partial charge on any atom is 0.219 e. The smallest absolute Gasteiger partial charge is 0.219 e. The fourth-order valence-corrected chi connectivity index (χ4v) is 3.90. The number of aromatic nitrogens is 3. The molecule has 1 fully saturated rings. The van der Waals surface area contributed by atoms with Crippen LogP contribution in [0.25, 0.3) is 11.3 Å². The van der Waals surface area contributed by atoms with E-state index in [1.807, 2.05) is 11.8 Å². The molecular weight excluding hydrogens is 397 g/mol. The Morgan fingerprint density at radius 1 is 1.19 bits per heavy atom. The number of rotatable bonds is 4. The minimum atomic E-state index is -0.352. The minimum Gasteiger partial charge on any atom is -0.506 e. The van der Waals surface area contributed by atoms with Gasteiger partial charge >= 0.3 is 0 Å². The van der Waals surface area contributed by atoms with Gasteiger partial charge in [-0.25, -0.2) is 14.4 Å². The summed E-state index contributed by atoms with van der Waals surface area (Å²) in [5.41, 5.74) is 1.78. The van der Waals surface area contributed by atoms with Crippen LogP contribution in [0.15, 0.2) is 48.8 Å². The predicted octanol–water partition coefficient (Wildman–Crippen LogP) is 4.24. The van der Waals surface area contributed by atoms with Crippen LogP contribution in [0, 0.1) is 5.82 Å². The lowest BCUT2D eigenvalue weighted by Gasteiger charge is -2.37. The number of halogens is 1. The lowest BCUT2D eigenvalue weighted by Crippen LogP contribution is -2.44. The standard InChI is InChI=1S/C23H24FN5O2/c1-14-6-7-16(13-29(14)15(2)30)23-27-21(17-8-20(31)12-25-11-17)10-22(28-23)26-19-5-3-4-18(24)9-19/h3-5,8-12,14,16,31H,6-7,13H2,1-2H3,(H,26,27,28)/t14-,16+/m1/s1. The van der Waals surface area contributed by atoms with Crippen molar-refractivity contribution in [2.75, 3.05) is 11.9 Å². The molecule has 2 atom stereocenters. The summed E-state index contributed by atoms with van der Waals surface area (Å²) in [5.74, 6) is 0.781. The van der Waals surface area contributed by atoms with Crippen molar-refractivity contribution in [3.05, 3.63) is 60.4 Å². The molecule has 8 heteroatoms. The third kappa shape index (κ3) is 4.79. The van der Waals surface area contributed by atoms with Crippen molar-refractivity contribution in [2.45, 2.75) is 38.6 Å². The molecule has 0 unspecified atom stereocenters. The summed E-state index contributed by atoms with van der Waals surface area (Å²) in [7, 11) is 0. The van der Waals surface area contributed by atoms with Gasteiger partial charge in [0.15, 0.2) is 0 Å². The monoisotopic (exact) mass is 421 g/mol. The molecule has 0 bridgehead atoms. The molecule has 1 aliphatic heterocycles. The molecular formula is C23H24FN5O2. The fraction of sp³-hybridized carbons (Fsp3) is 0.304. The van der Waals surface area contributed by atoms with Gasteiger partial charge in [0, 0.05) is 48.9 Å². The normalized spacial score (nSPS) is 18.6. The number of amides is 1. The van der Waals surface area contributed by atoms with Gasteiger partial charge in [-0.15, -0.1) is 0 Å². The quantitative estimate of drug-likeness (QED) is 0.655. The van der Waals surface area contributed by atoms with Crippen molar-refractivity contribution in [3.63, 3.8) is 0 Å². The molecule has 31 heavy (non-hydrogen) atoms. The summed E-state index contributed by atoms with van der Waals surface area (Å²) in [6.07, 6.45) is 4.68. The first-order valence-corrected chi connectivity index (χ1v) is 10.2. The summed E-state index contributed by atoms with van der Waals surface area (Å²) >= 11 is 0. The number of carbonyl (C=O) groups is 1. The van der Waals surface area contributed by atoms with Gasteiger partial charge in [0.1, 0.15) is 23.2 Å². The molecule has 1 saturated heterocycles. The third-order valence-corrected chi connectivity index (χ3v) is 5.51. The molecule has 0 spiro atoms. The number of anilines is 2. The Hall–Kier alpha value is -3.55. The van der Waals surface area contributed by atoms with E-state index < -0.39 is 0 Å². The van der Waals surface area contributed by atoms with Crippen molar-refractivity contribution >= 4 is 17.4 Å². The van der Waals surface area contributed by atoms with E-state index in [4.69, 9.17) is 4.98 Å². The molecule has 160 valence electrons. The maximum atomic E-state index is 13.6. The fourth-order valence-electron chi connectivity index (χ4n) is 3.90. The second kappa shape index (κ2) is 8.67. The van der Waals surface area contributed by atoms with Gasteiger partial charge in [0.2, 0.25) is 5.91 Å². The molecule has 7 nitrogen and oxygen atoms in total. The number of nitrogens with zero attached hydrogens (tertiary/aromatic N) is 4. The van der Waals surface area contributed by atoms with E-state index >= 15 is 0 Å². The van der Waals surface area contributed by atoms with Crippen molar-refractivity contribution in [1.29, 1.82) is 0 Å². The van der Waals surface area contributed by atoms with E-state index in [1.54, 1.807) is 37.4 Å². The van der Waals surface area contributed by atoms with E-state index in [0.29, 0.717) is 35.1 Å². The Labute approximate surface area is 180 Å². The van der Waals surface area contributed by atoms with Crippen LogP contribution in [0.1, 0.15) is 38.4 Å². The minimum absolute atomic E-state index is 0.0293. The van der Waals surface area contributed by atoms with Crippen LogP contribution in [-0.4, -0.2) is 43.5 Å². The molecule has 1 aromatic carbocycles. The summed E-state index contributed by atoms with van der Waals surface area (Å²) in [6.45, 7) is 4.16. The molecule has 1 amide bonds. The molecule has 2 aromatic heterocycles. The van der Waals surface area contributed by atoms with Gasteiger partial charge < -0.3 is 15.3 Å². The van der Waals surface area contributed by atoms with Crippen molar-refractivity contribution in [1.82, 2.24) is 19.9 Å². The summed E-state index contributed by atoms with van der Waals surface area (Å²) in [5, 5.41) is 13.0. The van der Waals surface area contributed by atoms with Gasteiger partial charge in [-0.1, -0.05) is 6.07 Å². The first-order valence-electron chi connectivity index (χ1n) is 10.2. The zero-order valence-electron chi connectivity index (χ0n) is 17.4. The van der Waals surface area contributed by atoms with Crippen LogP contribution in [0.2, 0.25) is 0 Å². The Morgan fingerprint density at radius 2 is 2.03 bits per heavy atom. The first kappa shape index (κ1) is 20.7. The van der Waals surface area contributed by atoms with Gasteiger partial charge in [-0.2, -0.15) is 0 Å². The van der Waals surface area contributed by atoms with E-state index in [1.165, 1.54) is 18.3 Å². The highest BCUT2D eigenvalue weighted by Crippen LogP contribution is 2.31. The highest BCUT2D eigenvalue weighted by Gasteiger charge is 2.30. The van der Waals surface area contributed by atoms with Crippen LogP contribution < -0.4 is 5.32 Å².